The molecule has 0 spiro atoms. The van der Waals surface area contributed by atoms with E-state index in [0.717, 1.165) is 25.8 Å². The maximum Gasteiger partial charge on any atom is 0.237 e. The Bertz CT molecular complexity index is 654. The summed E-state index contributed by atoms with van der Waals surface area (Å²) in [7, 11) is 5.48. The molecule has 0 bridgehead atoms. The lowest BCUT2D eigenvalue weighted by Crippen LogP contribution is -2.67. The van der Waals surface area contributed by atoms with E-state index in [1.165, 1.54) is 11.8 Å². The van der Waals surface area contributed by atoms with Crippen molar-refractivity contribution >= 4 is 23.6 Å². The van der Waals surface area contributed by atoms with Gasteiger partial charge in [0.2, 0.25) is 11.8 Å². The van der Waals surface area contributed by atoms with Crippen molar-refractivity contribution in [2.24, 2.45) is 5.92 Å². The fourth-order valence-corrected chi connectivity index (χ4v) is 5.50. The predicted octanol–water partition coefficient (Wildman–Crippen LogP) is -1.17. The van der Waals surface area contributed by atoms with Gasteiger partial charge in [0.15, 0.2) is 0 Å². The molecule has 11 heteroatoms. The maximum atomic E-state index is 13.3. The van der Waals surface area contributed by atoms with Crippen LogP contribution in [0.1, 0.15) is 33.1 Å². The van der Waals surface area contributed by atoms with E-state index < -0.39 is 41.9 Å². The largest absolute Gasteiger partial charge is 0.388 e. The van der Waals surface area contributed by atoms with Crippen molar-refractivity contribution in [1.29, 1.82) is 0 Å². The molecule has 2 aliphatic rings. The minimum absolute atomic E-state index is 0.165. The highest BCUT2D eigenvalue weighted by atomic mass is 32.2. The quantitative estimate of drug-likeness (QED) is 0.257. The van der Waals surface area contributed by atoms with E-state index in [1.54, 1.807) is 32.2 Å². The molecular formula is C22H42N4O6S. The van der Waals surface area contributed by atoms with Crippen molar-refractivity contribution in [2.45, 2.75) is 81.1 Å². The lowest BCUT2D eigenvalue weighted by molar-refractivity contribution is -0.207. The number of carbonyl (C=O) groups excluding carboxylic acids is 2. The van der Waals surface area contributed by atoms with E-state index in [1.807, 2.05) is 11.9 Å². The molecule has 2 fully saturated rings. The molecule has 33 heavy (non-hydrogen) atoms. The zero-order valence-corrected chi connectivity index (χ0v) is 21.4. The number of likely N-dealkylation sites (tertiary alicyclic amines) is 1. The predicted molar refractivity (Wildman–Crippen MR) is 128 cm³/mol. The van der Waals surface area contributed by atoms with E-state index in [-0.39, 0.29) is 24.4 Å². The van der Waals surface area contributed by atoms with Gasteiger partial charge in [0.05, 0.1) is 18.6 Å². The van der Waals surface area contributed by atoms with Gasteiger partial charge in [0, 0.05) is 12.6 Å². The van der Waals surface area contributed by atoms with Crippen molar-refractivity contribution in [3.63, 3.8) is 0 Å². The van der Waals surface area contributed by atoms with Crippen molar-refractivity contribution in [3.05, 3.63) is 0 Å². The minimum Gasteiger partial charge on any atom is -0.388 e. The summed E-state index contributed by atoms with van der Waals surface area (Å²) < 4.78 is 5.94. The third-order valence-corrected chi connectivity index (χ3v) is 7.38. The molecule has 0 aliphatic carbocycles. The lowest BCUT2D eigenvalue weighted by Gasteiger charge is -2.45. The Hall–Kier alpha value is -0.950. The van der Waals surface area contributed by atoms with Gasteiger partial charge in [-0.2, -0.15) is 0 Å². The summed E-state index contributed by atoms with van der Waals surface area (Å²) in [5, 5.41) is 37.3. The van der Waals surface area contributed by atoms with Gasteiger partial charge >= 0.3 is 0 Å². The van der Waals surface area contributed by atoms with Gasteiger partial charge in [-0.25, -0.2) is 0 Å². The van der Waals surface area contributed by atoms with Crippen molar-refractivity contribution in [1.82, 2.24) is 20.4 Å². The molecule has 2 rings (SSSR count). The van der Waals surface area contributed by atoms with Crippen molar-refractivity contribution in [3.8, 4) is 0 Å². The normalized spacial score (nSPS) is 34.8. The highest BCUT2D eigenvalue weighted by molar-refractivity contribution is 7.99. The second-order valence-electron chi connectivity index (χ2n) is 9.65. The molecule has 0 saturated carbocycles. The summed E-state index contributed by atoms with van der Waals surface area (Å²) in [6, 6.07) is -1.72. The average Bonchev–Trinajstić information content (AvgIpc) is 3.10. The number of aliphatic hydroxyl groups excluding tert-OH is 3. The number of hydrogen-bond acceptors (Lipinski definition) is 9. The molecule has 5 N–H and O–H groups in total. The number of nitrogens with one attached hydrogen (secondary N) is 2. The standard InChI is InChI=1S/C22H42N4O6S/c1-7-8-13-9-14(26(5)10-13)21(31)24-16(12(2)23-15(27)11-25(3)4)20-18(29)17(28)19(30)22(32-20)33-6/h12-14,16-20,22,28-30H,7-11H2,1-6H3,(H,23,27)(H,24,31)/t12-,13+,14-,16+,17+,18?,19+,20+,22?/m0/s1. The molecule has 2 unspecified atom stereocenters. The summed E-state index contributed by atoms with van der Waals surface area (Å²) in [5.41, 5.74) is -0.777. The average molecular weight is 491 g/mol. The first-order chi connectivity index (χ1) is 15.5. The number of aliphatic hydroxyl groups is 3. The Morgan fingerprint density at radius 2 is 1.85 bits per heavy atom. The molecule has 2 amide bonds. The first-order valence-electron chi connectivity index (χ1n) is 11.7. The van der Waals surface area contributed by atoms with Gasteiger partial charge in [-0.15, -0.1) is 11.8 Å². The van der Waals surface area contributed by atoms with Crippen molar-refractivity contribution in [2.75, 3.05) is 40.5 Å². The van der Waals surface area contributed by atoms with Crippen LogP contribution >= 0.6 is 11.8 Å². The highest BCUT2D eigenvalue weighted by Gasteiger charge is 2.49. The van der Waals surface area contributed by atoms with Gasteiger partial charge in [-0.05, 0) is 53.1 Å². The van der Waals surface area contributed by atoms with Crippen LogP contribution in [0.4, 0.5) is 0 Å². The van der Waals surface area contributed by atoms with Gasteiger partial charge in [0.1, 0.15) is 29.9 Å². The molecule has 0 aromatic heterocycles. The number of nitrogens with zero attached hydrogens (tertiary/aromatic N) is 2. The smallest absolute Gasteiger partial charge is 0.237 e. The number of likely N-dealkylation sites (N-methyl/N-ethyl adjacent to an activating group) is 2. The summed E-state index contributed by atoms with van der Waals surface area (Å²) in [5.74, 6) is 0.00717. The van der Waals surface area contributed by atoms with Gasteiger partial charge in [-0.1, -0.05) is 13.3 Å². The first-order valence-corrected chi connectivity index (χ1v) is 13.0. The second-order valence-corrected chi connectivity index (χ2v) is 10.6. The molecule has 2 aliphatic heterocycles. The van der Waals surface area contributed by atoms with E-state index in [2.05, 4.69) is 17.6 Å². The Morgan fingerprint density at radius 3 is 2.42 bits per heavy atom. The SMILES string of the molecule is CCC[C@@H]1C[C@@H](C(=O)N[C@H]([C@H](C)NC(=O)CN(C)C)[C@H]2OC(SC)[C@H](O)[C@H](O)C2O)N(C)C1. The first kappa shape index (κ1) is 28.3. The summed E-state index contributed by atoms with van der Waals surface area (Å²) >= 11 is 1.21. The highest BCUT2D eigenvalue weighted by Crippen LogP contribution is 2.30. The van der Waals surface area contributed by atoms with Crippen LogP contribution in [0.25, 0.3) is 0 Å². The number of rotatable bonds is 10. The van der Waals surface area contributed by atoms with E-state index in [4.69, 9.17) is 4.74 Å². The summed E-state index contributed by atoms with van der Waals surface area (Å²) in [6.07, 6.45) is -0.569. The monoisotopic (exact) mass is 490 g/mol. The minimum atomic E-state index is -1.44. The zero-order chi connectivity index (χ0) is 24.9. The van der Waals surface area contributed by atoms with Crippen LogP contribution in [0.5, 0.6) is 0 Å². The van der Waals surface area contributed by atoms with E-state index >= 15 is 0 Å². The van der Waals surface area contributed by atoms with Crippen LogP contribution in [0, 0.1) is 5.92 Å². The fourth-order valence-electron chi connectivity index (χ4n) is 4.82. The lowest BCUT2D eigenvalue weighted by atomic mass is 9.90. The number of ether oxygens (including phenoxy) is 1. The van der Waals surface area contributed by atoms with Crippen molar-refractivity contribution < 1.29 is 29.6 Å². The number of amides is 2. The molecule has 2 heterocycles. The Balaban J connectivity index is 2.23. The van der Waals surface area contributed by atoms with Crippen LogP contribution in [0.15, 0.2) is 0 Å². The molecular weight excluding hydrogens is 448 g/mol. The molecule has 2 saturated heterocycles. The van der Waals surface area contributed by atoms with Gasteiger partial charge in [0.25, 0.3) is 0 Å². The number of carbonyl (C=O) groups is 2. The third kappa shape index (κ3) is 7.27. The molecule has 0 aromatic carbocycles. The van der Waals surface area contributed by atoms with Crippen LogP contribution in [0.2, 0.25) is 0 Å². The fraction of sp³-hybridized carbons (Fsp3) is 0.909. The molecule has 10 nitrogen and oxygen atoms in total. The Morgan fingerprint density at radius 1 is 1.18 bits per heavy atom. The van der Waals surface area contributed by atoms with Gasteiger partial charge < -0.3 is 35.6 Å². The van der Waals surface area contributed by atoms with Gasteiger partial charge in [-0.3, -0.25) is 14.5 Å². The number of thioether (sulfide) groups is 1. The maximum absolute atomic E-state index is 13.3. The topological polar surface area (TPSA) is 135 Å². The molecule has 9 atom stereocenters. The van der Waals surface area contributed by atoms with Crippen LogP contribution in [-0.2, 0) is 14.3 Å². The molecule has 0 aromatic rings. The van der Waals surface area contributed by atoms with Crippen LogP contribution < -0.4 is 10.6 Å². The van der Waals surface area contributed by atoms with E-state index in [9.17, 15) is 24.9 Å². The third-order valence-electron chi connectivity index (χ3n) is 6.52. The Kier molecular flexibility index (Phi) is 10.9. The summed E-state index contributed by atoms with van der Waals surface area (Å²) in [4.78, 5) is 29.5. The molecule has 192 valence electrons. The van der Waals surface area contributed by atoms with Crippen LogP contribution in [0.3, 0.4) is 0 Å². The summed E-state index contributed by atoms with van der Waals surface area (Å²) in [6.45, 7) is 4.87. The second kappa shape index (κ2) is 12.7. The van der Waals surface area contributed by atoms with E-state index in [0.29, 0.717) is 5.92 Å². The zero-order valence-electron chi connectivity index (χ0n) is 20.6. The van der Waals surface area contributed by atoms with Crippen LogP contribution in [-0.4, -0.2) is 125 Å². The molecule has 0 radical (unpaired) electrons. The Labute approximate surface area is 201 Å². The number of hydrogen-bond donors (Lipinski definition) is 5.